The zero-order valence-corrected chi connectivity index (χ0v) is 16.3. The lowest BCUT2D eigenvalue weighted by molar-refractivity contribution is 0.0520. The molecule has 3 aromatic rings. The molecule has 1 aliphatic rings. The highest BCUT2D eigenvalue weighted by molar-refractivity contribution is 5.95. The average Bonchev–Trinajstić information content (AvgIpc) is 3.02. The van der Waals surface area contributed by atoms with Gasteiger partial charge in [0, 0.05) is 24.6 Å². The zero-order chi connectivity index (χ0) is 19.7. The molecule has 3 heterocycles. The van der Waals surface area contributed by atoms with Crippen molar-refractivity contribution in [2.24, 2.45) is 0 Å². The van der Waals surface area contributed by atoms with Crippen molar-refractivity contribution in [3.05, 3.63) is 71.8 Å². The Morgan fingerprint density at radius 2 is 2.00 bits per heavy atom. The highest BCUT2D eigenvalue weighted by Gasteiger charge is 2.26. The topological polar surface area (TPSA) is 56.6 Å². The minimum Gasteiger partial charge on any atom is -0.486 e. The molecule has 1 amide bonds. The van der Waals surface area contributed by atoms with Gasteiger partial charge >= 0.3 is 0 Å². The fourth-order valence-electron chi connectivity index (χ4n) is 3.61. The normalized spacial score (nSPS) is 15.3. The fourth-order valence-corrected chi connectivity index (χ4v) is 3.61. The molecule has 0 N–H and O–H groups in total. The molecule has 4 rings (SSSR count). The van der Waals surface area contributed by atoms with Crippen LogP contribution in [0.3, 0.4) is 0 Å². The van der Waals surface area contributed by atoms with Crippen LogP contribution in [0.15, 0.2) is 54.9 Å². The highest BCUT2D eigenvalue weighted by Crippen LogP contribution is 2.31. The van der Waals surface area contributed by atoms with E-state index >= 15 is 0 Å². The van der Waals surface area contributed by atoms with Crippen LogP contribution in [0.1, 0.15) is 21.7 Å². The molecule has 6 heteroatoms. The molecular formula is C22H23N3O3. The number of aryl methyl sites for hydroxylation is 1. The first-order valence-corrected chi connectivity index (χ1v) is 9.28. The summed E-state index contributed by atoms with van der Waals surface area (Å²) in [4.78, 5) is 19.0. The summed E-state index contributed by atoms with van der Waals surface area (Å²) >= 11 is 0. The third kappa shape index (κ3) is 3.33. The van der Waals surface area contributed by atoms with Gasteiger partial charge in [-0.05, 0) is 44.2 Å². The van der Waals surface area contributed by atoms with Gasteiger partial charge in [-0.25, -0.2) is 0 Å². The van der Waals surface area contributed by atoms with Crippen molar-refractivity contribution in [2.45, 2.75) is 20.0 Å². The lowest BCUT2D eigenvalue weighted by Gasteiger charge is -2.29. The molecule has 0 spiro atoms. The number of pyridine rings is 1. The number of benzene rings is 1. The van der Waals surface area contributed by atoms with E-state index < -0.39 is 0 Å². The molecule has 0 saturated heterocycles. The Kier molecular flexibility index (Phi) is 4.77. The number of hydrogen-bond acceptors (Lipinski definition) is 4. The summed E-state index contributed by atoms with van der Waals surface area (Å²) in [6, 6.07) is 13.4. The van der Waals surface area contributed by atoms with Crippen LogP contribution in [0.4, 0.5) is 0 Å². The van der Waals surface area contributed by atoms with Crippen LogP contribution in [0, 0.1) is 13.8 Å². The number of carbonyl (C=O) groups is 1. The van der Waals surface area contributed by atoms with Gasteiger partial charge in [0.25, 0.3) is 5.91 Å². The van der Waals surface area contributed by atoms with Crippen LogP contribution in [0.5, 0.6) is 11.5 Å². The van der Waals surface area contributed by atoms with Crippen LogP contribution >= 0.6 is 0 Å². The average molecular weight is 377 g/mol. The molecule has 0 fully saturated rings. The van der Waals surface area contributed by atoms with E-state index in [1.165, 1.54) is 0 Å². The monoisotopic (exact) mass is 377 g/mol. The van der Waals surface area contributed by atoms with Gasteiger partial charge in [0.05, 0.1) is 24.0 Å². The minimum atomic E-state index is -0.203. The number of para-hydroxylation sites is 2. The molecule has 6 nitrogen and oxygen atoms in total. The number of rotatable bonds is 4. The third-order valence-corrected chi connectivity index (χ3v) is 4.96. The SMILES string of the molecule is Cc1cc(C(=O)N(C)CC2COc3ccccc3O2)c(C)n1-c1cccnc1. The summed E-state index contributed by atoms with van der Waals surface area (Å²) in [7, 11) is 1.79. The van der Waals surface area contributed by atoms with Crippen molar-refractivity contribution < 1.29 is 14.3 Å². The first kappa shape index (κ1) is 18.1. The molecule has 0 bridgehead atoms. The molecule has 2 aromatic heterocycles. The summed E-state index contributed by atoms with van der Waals surface area (Å²) in [5.74, 6) is 1.42. The van der Waals surface area contributed by atoms with Crippen LogP contribution < -0.4 is 9.47 Å². The molecular weight excluding hydrogens is 354 g/mol. The largest absolute Gasteiger partial charge is 0.486 e. The van der Waals surface area contributed by atoms with Crippen molar-refractivity contribution in [2.75, 3.05) is 20.2 Å². The van der Waals surface area contributed by atoms with Gasteiger partial charge in [-0.2, -0.15) is 0 Å². The van der Waals surface area contributed by atoms with Crippen molar-refractivity contribution >= 4 is 5.91 Å². The highest BCUT2D eigenvalue weighted by atomic mass is 16.6. The molecule has 1 aromatic carbocycles. The van der Waals surface area contributed by atoms with Gasteiger partial charge < -0.3 is 18.9 Å². The van der Waals surface area contributed by atoms with Crippen molar-refractivity contribution in [3.8, 4) is 17.2 Å². The number of likely N-dealkylation sites (N-methyl/N-ethyl adjacent to an activating group) is 1. The number of ether oxygens (including phenoxy) is 2. The Labute approximate surface area is 164 Å². The second kappa shape index (κ2) is 7.38. The van der Waals surface area contributed by atoms with Gasteiger partial charge in [0.2, 0.25) is 0 Å². The molecule has 28 heavy (non-hydrogen) atoms. The summed E-state index contributed by atoms with van der Waals surface area (Å²) in [5, 5.41) is 0. The Morgan fingerprint density at radius 1 is 1.21 bits per heavy atom. The van der Waals surface area contributed by atoms with Crippen LogP contribution in [-0.2, 0) is 0 Å². The van der Waals surface area contributed by atoms with E-state index in [1.807, 2.05) is 60.9 Å². The van der Waals surface area contributed by atoms with E-state index in [0.717, 1.165) is 22.8 Å². The molecule has 1 atom stereocenters. The van der Waals surface area contributed by atoms with Gasteiger partial charge in [-0.3, -0.25) is 9.78 Å². The number of fused-ring (bicyclic) bond motifs is 1. The van der Waals surface area contributed by atoms with Gasteiger partial charge in [-0.1, -0.05) is 12.1 Å². The van der Waals surface area contributed by atoms with Crippen molar-refractivity contribution in [1.29, 1.82) is 0 Å². The van der Waals surface area contributed by atoms with Crippen LogP contribution in [-0.4, -0.2) is 46.7 Å². The second-order valence-corrected chi connectivity index (χ2v) is 7.01. The molecule has 0 radical (unpaired) electrons. The first-order valence-electron chi connectivity index (χ1n) is 9.28. The molecule has 1 unspecified atom stereocenters. The maximum absolute atomic E-state index is 13.1. The van der Waals surface area contributed by atoms with E-state index in [-0.39, 0.29) is 12.0 Å². The molecule has 0 aliphatic carbocycles. The number of amides is 1. The third-order valence-electron chi connectivity index (χ3n) is 4.96. The smallest absolute Gasteiger partial charge is 0.255 e. The number of hydrogen-bond donors (Lipinski definition) is 0. The maximum atomic E-state index is 13.1. The number of carbonyl (C=O) groups excluding carboxylic acids is 1. The number of aromatic nitrogens is 2. The number of nitrogens with zero attached hydrogens (tertiary/aromatic N) is 3. The maximum Gasteiger partial charge on any atom is 0.255 e. The lowest BCUT2D eigenvalue weighted by atomic mass is 10.2. The van der Waals surface area contributed by atoms with E-state index in [0.29, 0.717) is 24.5 Å². The van der Waals surface area contributed by atoms with E-state index in [4.69, 9.17) is 9.47 Å². The molecule has 0 saturated carbocycles. The quantitative estimate of drug-likeness (QED) is 0.699. The van der Waals surface area contributed by atoms with Crippen LogP contribution in [0.2, 0.25) is 0 Å². The van der Waals surface area contributed by atoms with E-state index in [1.54, 1.807) is 24.3 Å². The Bertz CT molecular complexity index is 998. The van der Waals surface area contributed by atoms with Gasteiger partial charge in [0.1, 0.15) is 6.61 Å². The lowest BCUT2D eigenvalue weighted by Crippen LogP contribution is -2.41. The predicted molar refractivity (Wildman–Crippen MR) is 106 cm³/mol. The van der Waals surface area contributed by atoms with Gasteiger partial charge in [-0.15, -0.1) is 0 Å². The summed E-state index contributed by atoms with van der Waals surface area (Å²) in [6.45, 7) is 4.82. The zero-order valence-electron chi connectivity index (χ0n) is 16.3. The predicted octanol–water partition coefficient (Wildman–Crippen LogP) is 3.40. The summed E-state index contributed by atoms with van der Waals surface area (Å²) < 4.78 is 13.8. The Morgan fingerprint density at radius 3 is 2.75 bits per heavy atom. The van der Waals surface area contributed by atoms with Crippen LogP contribution in [0.25, 0.3) is 5.69 Å². The second-order valence-electron chi connectivity index (χ2n) is 7.01. The Balaban J connectivity index is 1.51. The van der Waals surface area contributed by atoms with E-state index in [9.17, 15) is 4.79 Å². The first-order chi connectivity index (χ1) is 13.5. The van der Waals surface area contributed by atoms with E-state index in [2.05, 4.69) is 4.98 Å². The van der Waals surface area contributed by atoms with Crippen molar-refractivity contribution in [3.63, 3.8) is 0 Å². The molecule has 144 valence electrons. The summed E-state index contributed by atoms with van der Waals surface area (Å²) in [5.41, 5.74) is 3.52. The summed E-state index contributed by atoms with van der Waals surface area (Å²) in [6.07, 6.45) is 3.33. The fraction of sp³-hybridized carbons (Fsp3) is 0.273. The molecule has 1 aliphatic heterocycles. The minimum absolute atomic E-state index is 0.0364. The Hall–Kier alpha value is -3.28. The standard InChI is InChI=1S/C22H23N3O3/c1-15-11-19(16(2)25(15)17-7-6-10-23-12-17)22(26)24(3)13-18-14-27-20-8-4-5-9-21(20)28-18/h4-12,18H,13-14H2,1-3H3. The van der Waals surface area contributed by atoms with Gasteiger partial charge in [0.15, 0.2) is 17.6 Å². The van der Waals surface area contributed by atoms with Crippen molar-refractivity contribution in [1.82, 2.24) is 14.5 Å².